The lowest BCUT2D eigenvalue weighted by Gasteiger charge is -2.15. The van der Waals surface area contributed by atoms with Crippen molar-refractivity contribution in [1.29, 1.82) is 0 Å². The van der Waals surface area contributed by atoms with E-state index in [1.807, 2.05) is 0 Å². The lowest BCUT2D eigenvalue weighted by Crippen LogP contribution is -2.14. The van der Waals surface area contributed by atoms with Crippen molar-refractivity contribution in [2.24, 2.45) is 5.92 Å². The Morgan fingerprint density at radius 1 is 1.38 bits per heavy atom. The first-order valence-electron chi connectivity index (χ1n) is 6.07. The second-order valence-electron chi connectivity index (χ2n) is 4.13. The van der Waals surface area contributed by atoms with Crippen molar-refractivity contribution in [3.63, 3.8) is 0 Å². The molecule has 0 radical (unpaired) electrons. The summed E-state index contributed by atoms with van der Waals surface area (Å²) >= 11 is 0. The summed E-state index contributed by atoms with van der Waals surface area (Å²) in [6.45, 7) is 5.43. The van der Waals surface area contributed by atoms with Gasteiger partial charge in [-0.3, -0.25) is 0 Å². The monoisotopic (exact) mass is 222 g/mol. The summed E-state index contributed by atoms with van der Waals surface area (Å²) in [7, 11) is 0. The zero-order valence-electron chi connectivity index (χ0n) is 10.2. The Bertz CT molecular complexity index is 301. The summed E-state index contributed by atoms with van der Waals surface area (Å²) in [4.78, 5) is 7.99. The summed E-state index contributed by atoms with van der Waals surface area (Å²) in [6.07, 6.45) is 6.53. The Labute approximate surface area is 97.7 Å². The van der Waals surface area contributed by atoms with E-state index in [0.29, 0.717) is 5.82 Å². The third kappa shape index (κ3) is 4.47. The van der Waals surface area contributed by atoms with E-state index in [2.05, 4.69) is 29.1 Å². The molecule has 90 valence electrons. The molecule has 1 aromatic heterocycles. The number of hydrogen-bond donors (Lipinski definition) is 2. The van der Waals surface area contributed by atoms with Crippen molar-refractivity contribution in [3.05, 3.63) is 12.4 Å². The van der Waals surface area contributed by atoms with Gasteiger partial charge in [0.05, 0.1) is 0 Å². The minimum absolute atomic E-state index is 0.513. The maximum absolute atomic E-state index is 5.59. The summed E-state index contributed by atoms with van der Waals surface area (Å²) < 4.78 is 0. The third-order valence-electron chi connectivity index (χ3n) is 2.80. The number of hydrogen-bond acceptors (Lipinski definition) is 4. The summed E-state index contributed by atoms with van der Waals surface area (Å²) in [5, 5.41) is 3.31. The number of aromatic nitrogens is 2. The number of anilines is 2. The molecule has 16 heavy (non-hydrogen) atoms. The van der Waals surface area contributed by atoms with Gasteiger partial charge in [0, 0.05) is 12.6 Å². The summed E-state index contributed by atoms with van der Waals surface area (Å²) in [6, 6.07) is 1.77. The first-order valence-corrected chi connectivity index (χ1v) is 6.07. The van der Waals surface area contributed by atoms with E-state index in [4.69, 9.17) is 5.73 Å². The van der Waals surface area contributed by atoms with E-state index in [-0.39, 0.29) is 0 Å². The van der Waals surface area contributed by atoms with Crippen LogP contribution in [0.3, 0.4) is 0 Å². The standard InChI is InChI=1S/C12H22N4/c1-3-5-6-10(4-2)8-14-12-7-11(13)15-9-16-12/h7,9-10H,3-6,8H2,1-2H3,(H3,13,14,15,16)/t10-/m0/s1. The van der Waals surface area contributed by atoms with Gasteiger partial charge in [-0.05, 0) is 12.3 Å². The highest BCUT2D eigenvalue weighted by molar-refractivity contribution is 5.43. The fraction of sp³-hybridized carbons (Fsp3) is 0.667. The molecule has 0 amide bonds. The Balaban J connectivity index is 2.37. The number of nitrogen functional groups attached to an aromatic ring is 1. The molecular formula is C12H22N4. The quantitative estimate of drug-likeness (QED) is 0.744. The van der Waals surface area contributed by atoms with Gasteiger partial charge in [-0.15, -0.1) is 0 Å². The number of unbranched alkanes of at least 4 members (excludes halogenated alkanes) is 1. The van der Waals surface area contributed by atoms with E-state index in [1.54, 1.807) is 6.07 Å². The molecule has 0 aliphatic rings. The van der Waals surface area contributed by atoms with Crippen molar-refractivity contribution in [1.82, 2.24) is 9.97 Å². The van der Waals surface area contributed by atoms with Crippen molar-refractivity contribution in [2.75, 3.05) is 17.6 Å². The molecule has 0 aromatic carbocycles. The largest absolute Gasteiger partial charge is 0.384 e. The van der Waals surface area contributed by atoms with Crippen LogP contribution < -0.4 is 11.1 Å². The molecule has 0 spiro atoms. The molecule has 4 heteroatoms. The summed E-state index contributed by atoms with van der Waals surface area (Å²) in [5.41, 5.74) is 5.59. The normalized spacial score (nSPS) is 12.4. The van der Waals surface area contributed by atoms with Crippen LogP contribution in [0.1, 0.15) is 39.5 Å². The molecule has 0 unspecified atom stereocenters. The minimum Gasteiger partial charge on any atom is -0.384 e. The van der Waals surface area contributed by atoms with E-state index in [9.17, 15) is 0 Å². The van der Waals surface area contributed by atoms with Crippen molar-refractivity contribution < 1.29 is 0 Å². The molecule has 0 aliphatic carbocycles. The van der Waals surface area contributed by atoms with Crippen LogP contribution >= 0.6 is 0 Å². The van der Waals surface area contributed by atoms with Crippen LogP contribution in [0, 0.1) is 5.92 Å². The predicted octanol–water partition coefficient (Wildman–Crippen LogP) is 2.69. The summed E-state index contributed by atoms with van der Waals surface area (Å²) in [5.74, 6) is 2.05. The highest BCUT2D eigenvalue weighted by Crippen LogP contribution is 2.14. The smallest absolute Gasteiger partial charge is 0.131 e. The molecule has 1 atom stereocenters. The average molecular weight is 222 g/mol. The Kier molecular flexibility index (Phi) is 5.61. The lowest BCUT2D eigenvalue weighted by atomic mass is 9.99. The maximum Gasteiger partial charge on any atom is 0.131 e. The van der Waals surface area contributed by atoms with E-state index < -0.39 is 0 Å². The van der Waals surface area contributed by atoms with Gasteiger partial charge in [0.2, 0.25) is 0 Å². The Morgan fingerprint density at radius 2 is 2.19 bits per heavy atom. The lowest BCUT2D eigenvalue weighted by molar-refractivity contribution is 0.472. The number of nitrogens with zero attached hydrogens (tertiary/aromatic N) is 2. The minimum atomic E-state index is 0.513. The molecule has 0 bridgehead atoms. The molecule has 0 fully saturated rings. The molecule has 1 aromatic rings. The predicted molar refractivity (Wildman–Crippen MR) is 68.2 cm³/mol. The number of nitrogens with one attached hydrogen (secondary N) is 1. The highest BCUT2D eigenvalue weighted by atomic mass is 15.0. The highest BCUT2D eigenvalue weighted by Gasteiger charge is 2.05. The molecule has 0 aliphatic heterocycles. The molecule has 1 heterocycles. The number of nitrogens with two attached hydrogens (primary N) is 1. The second-order valence-corrected chi connectivity index (χ2v) is 4.13. The average Bonchev–Trinajstić information content (AvgIpc) is 2.29. The topological polar surface area (TPSA) is 63.8 Å². The third-order valence-corrected chi connectivity index (χ3v) is 2.80. The van der Waals surface area contributed by atoms with Crippen LogP contribution in [0.4, 0.5) is 11.6 Å². The van der Waals surface area contributed by atoms with Crippen molar-refractivity contribution in [3.8, 4) is 0 Å². The molecule has 0 saturated carbocycles. The van der Waals surface area contributed by atoms with Crippen LogP contribution in [0.2, 0.25) is 0 Å². The first kappa shape index (κ1) is 12.7. The fourth-order valence-electron chi connectivity index (χ4n) is 1.66. The molecular weight excluding hydrogens is 200 g/mol. The SMILES string of the molecule is CCCC[C@H](CC)CNc1cc(N)ncn1. The van der Waals surface area contributed by atoms with Crippen LogP contribution in [0.25, 0.3) is 0 Å². The molecule has 1 rings (SSSR count). The van der Waals surface area contributed by atoms with E-state index >= 15 is 0 Å². The van der Waals surface area contributed by atoms with Gasteiger partial charge in [0.1, 0.15) is 18.0 Å². The zero-order valence-corrected chi connectivity index (χ0v) is 10.2. The van der Waals surface area contributed by atoms with Gasteiger partial charge in [0.15, 0.2) is 0 Å². The van der Waals surface area contributed by atoms with Crippen molar-refractivity contribution in [2.45, 2.75) is 39.5 Å². The van der Waals surface area contributed by atoms with Crippen LogP contribution in [0.15, 0.2) is 12.4 Å². The van der Waals surface area contributed by atoms with Crippen molar-refractivity contribution >= 4 is 11.6 Å². The van der Waals surface area contributed by atoms with Gasteiger partial charge in [-0.25, -0.2) is 9.97 Å². The van der Waals surface area contributed by atoms with Gasteiger partial charge >= 0.3 is 0 Å². The first-order chi connectivity index (χ1) is 7.76. The van der Waals surface area contributed by atoms with Gasteiger partial charge < -0.3 is 11.1 Å². The van der Waals surface area contributed by atoms with E-state index in [1.165, 1.54) is 32.0 Å². The fourth-order valence-corrected chi connectivity index (χ4v) is 1.66. The van der Waals surface area contributed by atoms with Crippen LogP contribution in [0.5, 0.6) is 0 Å². The Hall–Kier alpha value is -1.32. The van der Waals surface area contributed by atoms with Crippen LogP contribution in [-0.4, -0.2) is 16.5 Å². The Morgan fingerprint density at radius 3 is 2.81 bits per heavy atom. The molecule has 0 saturated heterocycles. The zero-order chi connectivity index (χ0) is 11.8. The van der Waals surface area contributed by atoms with Gasteiger partial charge in [0.25, 0.3) is 0 Å². The maximum atomic E-state index is 5.59. The van der Waals surface area contributed by atoms with Crippen LogP contribution in [-0.2, 0) is 0 Å². The van der Waals surface area contributed by atoms with Gasteiger partial charge in [-0.1, -0.05) is 33.1 Å². The van der Waals surface area contributed by atoms with E-state index in [0.717, 1.165) is 18.3 Å². The van der Waals surface area contributed by atoms with Gasteiger partial charge in [-0.2, -0.15) is 0 Å². The second kappa shape index (κ2) is 7.04. The number of rotatable bonds is 7. The molecule has 4 nitrogen and oxygen atoms in total. The molecule has 3 N–H and O–H groups in total.